The Kier molecular flexibility index (Phi) is 3.05. The summed E-state index contributed by atoms with van der Waals surface area (Å²) in [6.07, 6.45) is 2.89. The van der Waals surface area contributed by atoms with Gasteiger partial charge < -0.3 is 5.11 Å². The fourth-order valence-corrected chi connectivity index (χ4v) is 5.72. The van der Waals surface area contributed by atoms with Crippen LogP contribution >= 0.6 is 0 Å². The molecule has 0 heterocycles. The molecular formula is C29H20O. The Balaban J connectivity index is 1.81. The van der Waals surface area contributed by atoms with E-state index < -0.39 is 6.10 Å². The van der Waals surface area contributed by atoms with Crippen LogP contribution in [0.3, 0.4) is 0 Å². The maximum absolute atomic E-state index is 11.1. The molecule has 7 rings (SSSR count). The van der Waals surface area contributed by atoms with Gasteiger partial charge in [0.05, 0.1) is 6.10 Å². The second-order valence-electron chi connectivity index (χ2n) is 8.59. The summed E-state index contributed by atoms with van der Waals surface area (Å²) in [7, 11) is 0. The van der Waals surface area contributed by atoms with Gasteiger partial charge in [0.25, 0.3) is 0 Å². The molecule has 0 spiro atoms. The predicted octanol–water partition coefficient (Wildman–Crippen LogP) is 7.92. The van der Waals surface area contributed by atoms with Gasteiger partial charge in [0.15, 0.2) is 0 Å². The third-order valence-corrected chi connectivity index (χ3v) is 7.04. The minimum atomic E-state index is -0.493. The van der Waals surface area contributed by atoms with Crippen molar-refractivity contribution >= 4 is 64.6 Å². The van der Waals surface area contributed by atoms with Crippen LogP contribution in [-0.2, 0) is 0 Å². The first-order chi connectivity index (χ1) is 14.8. The van der Waals surface area contributed by atoms with Crippen LogP contribution in [0.5, 0.6) is 0 Å². The van der Waals surface area contributed by atoms with Crippen molar-refractivity contribution in [3.05, 3.63) is 84.9 Å². The molecule has 1 unspecified atom stereocenters. The van der Waals surface area contributed by atoms with E-state index in [9.17, 15) is 5.11 Å². The van der Waals surface area contributed by atoms with E-state index in [1.54, 1.807) is 0 Å². The zero-order chi connectivity index (χ0) is 20.0. The highest BCUT2D eigenvalue weighted by Crippen LogP contribution is 2.49. The first-order valence-electron chi connectivity index (χ1n) is 10.7. The number of aliphatic hydroxyl groups is 1. The van der Waals surface area contributed by atoms with Crippen molar-refractivity contribution in [2.45, 2.75) is 18.9 Å². The average molecular weight is 384 g/mol. The van der Waals surface area contributed by atoms with E-state index >= 15 is 0 Å². The Labute approximate surface area is 173 Å². The van der Waals surface area contributed by atoms with E-state index in [4.69, 9.17) is 0 Å². The van der Waals surface area contributed by atoms with Crippen molar-refractivity contribution in [2.75, 3.05) is 0 Å². The summed E-state index contributed by atoms with van der Waals surface area (Å²) in [6.45, 7) is 3.83. The highest BCUT2D eigenvalue weighted by Gasteiger charge is 2.22. The van der Waals surface area contributed by atoms with Crippen molar-refractivity contribution in [1.82, 2.24) is 0 Å². The summed E-state index contributed by atoms with van der Waals surface area (Å²) in [4.78, 5) is 0. The van der Waals surface area contributed by atoms with E-state index in [-0.39, 0.29) is 0 Å². The summed E-state index contributed by atoms with van der Waals surface area (Å²) < 4.78 is 0. The van der Waals surface area contributed by atoms with Gasteiger partial charge in [0, 0.05) is 0 Å². The summed E-state index contributed by atoms with van der Waals surface area (Å²) in [5.41, 5.74) is 1.03. The third kappa shape index (κ3) is 1.87. The van der Waals surface area contributed by atoms with Crippen LogP contribution in [0.2, 0.25) is 0 Å². The van der Waals surface area contributed by atoms with Crippen molar-refractivity contribution in [3.8, 4) is 0 Å². The van der Waals surface area contributed by atoms with Gasteiger partial charge in [-0.25, -0.2) is 0 Å². The van der Waals surface area contributed by atoms with Crippen LogP contribution in [0.1, 0.15) is 24.5 Å². The second kappa shape index (κ2) is 5.59. The highest BCUT2D eigenvalue weighted by atomic mass is 16.3. The van der Waals surface area contributed by atoms with Crippen LogP contribution in [0.15, 0.2) is 79.4 Å². The Morgan fingerprint density at radius 1 is 0.633 bits per heavy atom. The molecule has 1 N–H and O–H groups in total. The van der Waals surface area contributed by atoms with E-state index in [0.717, 1.165) is 12.0 Å². The monoisotopic (exact) mass is 384 g/mol. The van der Waals surface area contributed by atoms with E-state index in [2.05, 4.69) is 73.3 Å². The minimum absolute atomic E-state index is 0.493. The van der Waals surface area contributed by atoms with Crippen molar-refractivity contribution in [3.63, 3.8) is 0 Å². The average Bonchev–Trinajstić information content (AvgIpc) is 2.80. The molecule has 0 aliphatic carbocycles. The van der Waals surface area contributed by atoms with Crippen LogP contribution in [-0.4, -0.2) is 5.11 Å². The first-order valence-corrected chi connectivity index (χ1v) is 10.7. The Morgan fingerprint density at radius 3 is 1.60 bits per heavy atom. The van der Waals surface area contributed by atoms with Gasteiger partial charge in [-0.3, -0.25) is 0 Å². The van der Waals surface area contributed by atoms with Gasteiger partial charge in [-0.15, -0.1) is 6.58 Å². The zero-order valence-electron chi connectivity index (χ0n) is 16.6. The SMILES string of the molecule is C=CCCC(O)c1cc2ccc3ccc4ccc5ccc6ccc1c1c6c5c4c3c21. The number of allylic oxidation sites excluding steroid dienone is 1. The Morgan fingerprint density at radius 2 is 1.07 bits per heavy atom. The summed E-state index contributed by atoms with van der Waals surface area (Å²) >= 11 is 0. The molecule has 0 radical (unpaired) electrons. The minimum Gasteiger partial charge on any atom is -0.388 e. The summed E-state index contributed by atoms with van der Waals surface area (Å²) in [5, 5.41) is 26.7. The first kappa shape index (κ1) is 16.4. The molecule has 0 aromatic heterocycles. The van der Waals surface area contributed by atoms with Crippen molar-refractivity contribution < 1.29 is 5.11 Å². The number of aliphatic hydroxyl groups excluding tert-OH is 1. The molecule has 1 nitrogen and oxygen atoms in total. The van der Waals surface area contributed by atoms with Gasteiger partial charge in [-0.05, 0) is 89.1 Å². The van der Waals surface area contributed by atoms with E-state index in [0.29, 0.717) is 6.42 Å². The van der Waals surface area contributed by atoms with Crippen LogP contribution in [0.25, 0.3) is 64.6 Å². The molecule has 0 aliphatic rings. The molecule has 1 heteroatoms. The topological polar surface area (TPSA) is 20.2 Å². The summed E-state index contributed by atoms with van der Waals surface area (Å²) in [5.74, 6) is 0. The Hall–Kier alpha value is -3.42. The van der Waals surface area contributed by atoms with E-state index in [1.165, 1.54) is 64.6 Å². The molecule has 30 heavy (non-hydrogen) atoms. The largest absolute Gasteiger partial charge is 0.388 e. The Bertz CT molecular complexity index is 1660. The molecule has 1 atom stereocenters. The lowest BCUT2D eigenvalue weighted by Crippen LogP contribution is -2.00. The van der Waals surface area contributed by atoms with Gasteiger partial charge in [-0.2, -0.15) is 0 Å². The number of benzene rings is 7. The standard InChI is InChI=1S/C29H20O/c1-2-3-4-23(30)22-15-20-12-11-18-8-6-16-5-7-17-9-10-19-13-14-21(22)29-27(19)25(17)24(16)26(18)28(20)29/h2,5-15,23,30H,1,3-4H2. The fraction of sp³-hybridized carbons (Fsp3) is 0.103. The lowest BCUT2D eigenvalue weighted by molar-refractivity contribution is 0.170. The lowest BCUT2D eigenvalue weighted by atomic mass is 9.81. The normalized spacial score (nSPS) is 13.8. The molecule has 0 fully saturated rings. The molecule has 7 aromatic rings. The van der Waals surface area contributed by atoms with Crippen molar-refractivity contribution in [2.24, 2.45) is 0 Å². The maximum atomic E-state index is 11.1. The predicted molar refractivity (Wildman–Crippen MR) is 129 cm³/mol. The number of hydrogen-bond donors (Lipinski definition) is 1. The van der Waals surface area contributed by atoms with Gasteiger partial charge in [-0.1, -0.05) is 66.7 Å². The van der Waals surface area contributed by atoms with Crippen LogP contribution in [0, 0.1) is 0 Å². The molecule has 7 aromatic carbocycles. The van der Waals surface area contributed by atoms with Crippen LogP contribution < -0.4 is 0 Å². The smallest absolute Gasteiger partial charge is 0.0799 e. The number of hydrogen-bond acceptors (Lipinski definition) is 1. The second-order valence-corrected chi connectivity index (χ2v) is 8.59. The van der Waals surface area contributed by atoms with E-state index in [1.807, 2.05) is 6.08 Å². The quantitative estimate of drug-likeness (QED) is 0.186. The van der Waals surface area contributed by atoms with Crippen LogP contribution in [0.4, 0.5) is 0 Å². The van der Waals surface area contributed by atoms with Gasteiger partial charge in [0.1, 0.15) is 0 Å². The maximum Gasteiger partial charge on any atom is 0.0799 e. The molecule has 142 valence electrons. The van der Waals surface area contributed by atoms with Gasteiger partial charge >= 0.3 is 0 Å². The highest BCUT2D eigenvalue weighted by molar-refractivity contribution is 6.44. The third-order valence-electron chi connectivity index (χ3n) is 7.04. The van der Waals surface area contributed by atoms with Crippen molar-refractivity contribution in [1.29, 1.82) is 0 Å². The number of rotatable bonds is 4. The summed E-state index contributed by atoms with van der Waals surface area (Å²) in [6, 6.07) is 24.6. The fourth-order valence-electron chi connectivity index (χ4n) is 5.72. The lowest BCUT2D eigenvalue weighted by Gasteiger charge is -2.23. The molecule has 0 aliphatic heterocycles. The van der Waals surface area contributed by atoms with Gasteiger partial charge in [0.2, 0.25) is 0 Å². The molecule has 0 saturated heterocycles. The molecule has 0 bridgehead atoms. The molecule has 0 amide bonds. The zero-order valence-corrected chi connectivity index (χ0v) is 16.6. The molecule has 0 saturated carbocycles. The molecular weight excluding hydrogens is 364 g/mol.